The van der Waals surface area contributed by atoms with Gasteiger partial charge in [0, 0.05) is 13.1 Å². The molecule has 1 aromatic carbocycles. The molecule has 0 aliphatic heterocycles. The van der Waals surface area contributed by atoms with Crippen LogP contribution in [0.5, 0.6) is 0 Å². The summed E-state index contributed by atoms with van der Waals surface area (Å²) in [5, 5.41) is 14.5. The van der Waals surface area contributed by atoms with Crippen LogP contribution < -0.4 is 10.6 Å². The number of aromatic nitrogens is 3. The van der Waals surface area contributed by atoms with Crippen molar-refractivity contribution in [2.24, 2.45) is 0 Å². The molecule has 0 atom stereocenters. The average Bonchev–Trinajstić information content (AvgIpc) is 2.51. The first-order valence-corrected chi connectivity index (χ1v) is 7.51. The number of hydrogen-bond acceptors (Lipinski definition) is 5. The van der Waals surface area contributed by atoms with Gasteiger partial charge >= 0.3 is 0 Å². The molecule has 0 aliphatic rings. The fraction of sp³-hybridized carbons (Fsp3) is 0.438. The van der Waals surface area contributed by atoms with E-state index in [0.717, 1.165) is 18.8 Å². The summed E-state index contributed by atoms with van der Waals surface area (Å²) in [6.07, 6.45) is 5.24. The molecule has 2 rings (SSSR count). The molecule has 0 fully saturated rings. The number of unbranched alkanes of at least 4 members (excludes halogenated alkanes) is 2. The fourth-order valence-corrected chi connectivity index (χ4v) is 2.04. The largest absolute Gasteiger partial charge is 0.369 e. The summed E-state index contributed by atoms with van der Waals surface area (Å²) in [7, 11) is 0. The van der Waals surface area contributed by atoms with Gasteiger partial charge in [-0.15, -0.1) is 5.10 Å². The van der Waals surface area contributed by atoms with Crippen molar-refractivity contribution in [3.8, 4) is 0 Å². The van der Waals surface area contributed by atoms with Crippen LogP contribution in [-0.4, -0.2) is 21.7 Å². The molecule has 0 unspecified atom stereocenters. The molecule has 2 aromatic rings. The SMILES string of the molecule is CCCCCNc1cnnc(NCc2ccccc2C)n1. The average molecular weight is 285 g/mol. The maximum Gasteiger partial charge on any atom is 0.244 e. The van der Waals surface area contributed by atoms with E-state index in [2.05, 4.69) is 51.8 Å². The van der Waals surface area contributed by atoms with E-state index in [9.17, 15) is 0 Å². The minimum absolute atomic E-state index is 0.554. The Morgan fingerprint density at radius 3 is 2.76 bits per heavy atom. The third-order valence-electron chi connectivity index (χ3n) is 3.34. The molecule has 0 saturated heterocycles. The summed E-state index contributed by atoms with van der Waals surface area (Å²) in [6.45, 7) is 5.92. The Kier molecular flexibility index (Phi) is 5.94. The summed E-state index contributed by atoms with van der Waals surface area (Å²) in [4.78, 5) is 4.42. The summed E-state index contributed by atoms with van der Waals surface area (Å²) < 4.78 is 0. The monoisotopic (exact) mass is 285 g/mol. The zero-order valence-electron chi connectivity index (χ0n) is 12.8. The van der Waals surface area contributed by atoms with E-state index >= 15 is 0 Å². The molecule has 5 heteroatoms. The van der Waals surface area contributed by atoms with Crippen molar-refractivity contribution in [3.05, 3.63) is 41.6 Å². The van der Waals surface area contributed by atoms with E-state index in [1.807, 2.05) is 12.1 Å². The Morgan fingerprint density at radius 2 is 1.95 bits per heavy atom. The van der Waals surface area contributed by atoms with Gasteiger partial charge in [-0.2, -0.15) is 10.1 Å². The van der Waals surface area contributed by atoms with Gasteiger partial charge in [0.2, 0.25) is 5.95 Å². The van der Waals surface area contributed by atoms with Crippen LogP contribution in [0.4, 0.5) is 11.8 Å². The highest BCUT2D eigenvalue weighted by Gasteiger charge is 2.01. The predicted octanol–water partition coefficient (Wildman–Crippen LogP) is 3.39. The number of aryl methyl sites for hydroxylation is 1. The Labute approximate surface area is 126 Å². The van der Waals surface area contributed by atoms with Crippen molar-refractivity contribution in [2.45, 2.75) is 39.7 Å². The van der Waals surface area contributed by atoms with Gasteiger partial charge in [0.05, 0.1) is 6.20 Å². The van der Waals surface area contributed by atoms with Gasteiger partial charge in [-0.25, -0.2) is 0 Å². The predicted molar refractivity (Wildman–Crippen MR) is 86.3 cm³/mol. The van der Waals surface area contributed by atoms with Crippen LogP contribution in [0.1, 0.15) is 37.3 Å². The molecule has 0 amide bonds. The zero-order valence-corrected chi connectivity index (χ0v) is 12.8. The number of rotatable bonds is 8. The van der Waals surface area contributed by atoms with Gasteiger partial charge in [-0.3, -0.25) is 0 Å². The van der Waals surface area contributed by atoms with Crippen molar-refractivity contribution >= 4 is 11.8 Å². The quantitative estimate of drug-likeness (QED) is 0.728. The molecule has 2 N–H and O–H groups in total. The molecule has 0 spiro atoms. The molecule has 5 nitrogen and oxygen atoms in total. The summed E-state index contributed by atoms with van der Waals surface area (Å²) in [6, 6.07) is 8.27. The van der Waals surface area contributed by atoms with Crippen molar-refractivity contribution in [3.63, 3.8) is 0 Å². The van der Waals surface area contributed by atoms with Gasteiger partial charge in [-0.05, 0) is 24.5 Å². The zero-order chi connectivity index (χ0) is 14.9. The summed E-state index contributed by atoms with van der Waals surface area (Å²) in [5.41, 5.74) is 2.49. The number of nitrogens with zero attached hydrogens (tertiary/aromatic N) is 3. The Hall–Kier alpha value is -2.17. The van der Waals surface area contributed by atoms with Crippen molar-refractivity contribution in [1.82, 2.24) is 15.2 Å². The van der Waals surface area contributed by atoms with Crippen LogP contribution in [0.15, 0.2) is 30.5 Å². The van der Waals surface area contributed by atoms with Crippen molar-refractivity contribution in [1.29, 1.82) is 0 Å². The Balaban J connectivity index is 1.87. The van der Waals surface area contributed by atoms with Crippen molar-refractivity contribution < 1.29 is 0 Å². The standard InChI is InChI=1S/C16H23N5/c1-3-4-7-10-17-15-12-19-21-16(20-15)18-11-14-9-6-5-8-13(14)2/h5-6,8-9,12H,3-4,7,10-11H2,1-2H3,(H2,17,18,20,21). The van der Waals surface area contributed by atoms with Gasteiger partial charge in [-0.1, -0.05) is 44.0 Å². The smallest absolute Gasteiger partial charge is 0.244 e. The molecule has 0 aliphatic carbocycles. The molecule has 0 bridgehead atoms. The van der Waals surface area contributed by atoms with E-state index in [1.165, 1.54) is 24.0 Å². The minimum atomic E-state index is 0.554. The number of anilines is 2. The van der Waals surface area contributed by atoms with E-state index in [4.69, 9.17) is 0 Å². The highest BCUT2D eigenvalue weighted by molar-refractivity contribution is 5.38. The third kappa shape index (κ3) is 5.02. The molecule has 1 aromatic heterocycles. The first-order valence-electron chi connectivity index (χ1n) is 7.51. The minimum Gasteiger partial charge on any atom is -0.369 e. The maximum absolute atomic E-state index is 4.42. The molecule has 112 valence electrons. The highest BCUT2D eigenvalue weighted by atomic mass is 15.3. The fourth-order valence-electron chi connectivity index (χ4n) is 2.04. The first-order chi connectivity index (χ1) is 10.3. The molecule has 0 saturated carbocycles. The highest BCUT2D eigenvalue weighted by Crippen LogP contribution is 2.10. The first kappa shape index (κ1) is 15.2. The van der Waals surface area contributed by atoms with Crippen LogP contribution in [0.25, 0.3) is 0 Å². The number of hydrogen-bond donors (Lipinski definition) is 2. The molecular formula is C16H23N5. The molecule has 21 heavy (non-hydrogen) atoms. The second kappa shape index (κ2) is 8.19. The van der Waals surface area contributed by atoms with Crippen molar-refractivity contribution in [2.75, 3.05) is 17.2 Å². The lowest BCUT2D eigenvalue weighted by Gasteiger charge is -2.09. The normalized spacial score (nSPS) is 10.4. The van der Waals surface area contributed by atoms with E-state index in [-0.39, 0.29) is 0 Å². The molecule has 0 radical (unpaired) electrons. The number of benzene rings is 1. The van der Waals surface area contributed by atoms with Crippen LogP contribution in [-0.2, 0) is 6.54 Å². The van der Waals surface area contributed by atoms with E-state index < -0.39 is 0 Å². The van der Waals surface area contributed by atoms with Crippen LogP contribution in [0.2, 0.25) is 0 Å². The second-order valence-corrected chi connectivity index (χ2v) is 5.08. The van der Waals surface area contributed by atoms with Gasteiger partial charge < -0.3 is 10.6 Å². The number of nitrogens with one attached hydrogen (secondary N) is 2. The van der Waals surface area contributed by atoms with Crippen LogP contribution in [0, 0.1) is 6.92 Å². The maximum atomic E-state index is 4.42. The third-order valence-corrected chi connectivity index (χ3v) is 3.34. The van der Waals surface area contributed by atoms with E-state index in [0.29, 0.717) is 12.5 Å². The van der Waals surface area contributed by atoms with E-state index in [1.54, 1.807) is 6.20 Å². The topological polar surface area (TPSA) is 62.7 Å². The van der Waals surface area contributed by atoms with Crippen LogP contribution >= 0.6 is 0 Å². The second-order valence-electron chi connectivity index (χ2n) is 5.08. The summed E-state index contributed by atoms with van der Waals surface area (Å²) >= 11 is 0. The lowest BCUT2D eigenvalue weighted by atomic mass is 10.1. The van der Waals surface area contributed by atoms with Crippen LogP contribution in [0.3, 0.4) is 0 Å². The Bertz CT molecular complexity index is 556. The Morgan fingerprint density at radius 1 is 1.10 bits per heavy atom. The molecular weight excluding hydrogens is 262 g/mol. The lowest BCUT2D eigenvalue weighted by molar-refractivity contribution is 0.741. The molecule has 1 heterocycles. The van der Waals surface area contributed by atoms with Gasteiger partial charge in [0.15, 0.2) is 0 Å². The van der Waals surface area contributed by atoms with Gasteiger partial charge in [0.25, 0.3) is 0 Å². The van der Waals surface area contributed by atoms with Gasteiger partial charge in [0.1, 0.15) is 5.82 Å². The summed E-state index contributed by atoms with van der Waals surface area (Å²) in [5.74, 6) is 1.33. The lowest BCUT2D eigenvalue weighted by Crippen LogP contribution is -2.09.